The highest BCUT2D eigenvalue weighted by atomic mass is 16.5. The summed E-state index contributed by atoms with van der Waals surface area (Å²) in [5.74, 6) is 1.29. The molecule has 1 N–H and O–H groups in total. The molecule has 0 spiro atoms. The van der Waals surface area contributed by atoms with Crippen LogP contribution in [0.15, 0.2) is 48.5 Å². The van der Waals surface area contributed by atoms with Gasteiger partial charge in [0.1, 0.15) is 18.1 Å². The van der Waals surface area contributed by atoms with E-state index in [0.29, 0.717) is 31.1 Å². The summed E-state index contributed by atoms with van der Waals surface area (Å²) in [7, 11) is 4.03. The number of nitrogens with zero attached hydrogens (tertiary/aromatic N) is 1. The van der Waals surface area contributed by atoms with Crippen molar-refractivity contribution in [2.24, 2.45) is 0 Å². The zero-order chi connectivity index (χ0) is 18.1. The Morgan fingerprint density at radius 3 is 2.44 bits per heavy atom. The number of benzene rings is 2. The van der Waals surface area contributed by atoms with Crippen molar-refractivity contribution in [3.8, 4) is 11.5 Å². The van der Waals surface area contributed by atoms with Crippen LogP contribution in [0.1, 0.15) is 22.8 Å². The summed E-state index contributed by atoms with van der Waals surface area (Å²) in [4.78, 5) is 14.4. The van der Waals surface area contributed by atoms with Gasteiger partial charge in [-0.15, -0.1) is 0 Å². The fraction of sp³-hybridized carbons (Fsp3) is 0.350. The van der Waals surface area contributed by atoms with Crippen LogP contribution in [0.2, 0.25) is 0 Å². The van der Waals surface area contributed by atoms with Gasteiger partial charge in [0.05, 0.1) is 12.2 Å². The first-order valence-electron chi connectivity index (χ1n) is 8.46. The molecular formula is C20H26N2O3. The summed E-state index contributed by atoms with van der Waals surface area (Å²) in [6, 6.07) is 15.0. The number of ether oxygens (including phenoxy) is 2. The minimum atomic E-state index is -0.143. The van der Waals surface area contributed by atoms with Crippen LogP contribution in [0, 0.1) is 0 Å². The molecule has 2 aromatic rings. The van der Waals surface area contributed by atoms with Gasteiger partial charge in [0, 0.05) is 13.1 Å². The predicted molar refractivity (Wildman–Crippen MR) is 99.3 cm³/mol. The van der Waals surface area contributed by atoms with E-state index >= 15 is 0 Å². The minimum Gasteiger partial charge on any atom is -0.493 e. The lowest BCUT2D eigenvalue weighted by molar-refractivity contribution is 0.0947. The predicted octanol–water partition coefficient (Wildman–Crippen LogP) is 2.96. The van der Waals surface area contributed by atoms with Crippen LogP contribution in [0.4, 0.5) is 0 Å². The lowest BCUT2D eigenvalue weighted by atomic mass is 10.1. The second-order valence-corrected chi connectivity index (χ2v) is 5.91. The van der Waals surface area contributed by atoms with Crippen LogP contribution in [0.3, 0.4) is 0 Å². The van der Waals surface area contributed by atoms with Crippen LogP contribution in [-0.2, 0) is 6.54 Å². The van der Waals surface area contributed by atoms with Gasteiger partial charge in [0.2, 0.25) is 0 Å². The molecule has 0 aliphatic heterocycles. The van der Waals surface area contributed by atoms with Gasteiger partial charge in [0.15, 0.2) is 0 Å². The van der Waals surface area contributed by atoms with E-state index in [2.05, 4.69) is 10.2 Å². The summed E-state index contributed by atoms with van der Waals surface area (Å²) in [6.45, 7) is 4.40. The van der Waals surface area contributed by atoms with Gasteiger partial charge in [-0.05, 0) is 50.8 Å². The molecule has 0 atom stereocenters. The topological polar surface area (TPSA) is 50.8 Å². The average molecular weight is 342 g/mol. The molecule has 2 aromatic carbocycles. The molecule has 0 aliphatic carbocycles. The maximum absolute atomic E-state index is 12.4. The van der Waals surface area contributed by atoms with E-state index in [-0.39, 0.29) is 5.91 Å². The van der Waals surface area contributed by atoms with Crippen LogP contribution in [-0.4, -0.2) is 44.7 Å². The monoisotopic (exact) mass is 342 g/mol. The Balaban J connectivity index is 1.87. The SMILES string of the molecule is CCOc1ccccc1C(=O)NCc1ccc(OCCN(C)C)cc1. The van der Waals surface area contributed by atoms with E-state index in [4.69, 9.17) is 9.47 Å². The molecule has 0 aromatic heterocycles. The second-order valence-electron chi connectivity index (χ2n) is 5.91. The van der Waals surface area contributed by atoms with Gasteiger partial charge in [-0.25, -0.2) is 0 Å². The molecular weight excluding hydrogens is 316 g/mol. The van der Waals surface area contributed by atoms with Gasteiger partial charge in [-0.3, -0.25) is 4.79 Å². The first-order chi connectivity index (χ1) is 12.1. The summed E-state index contributed by atoms with van der Waals surface area (Å²) < 4.78 is 11.2. The van der Waals surface area contributed by atoms with Crippen LogP contribution >= 0.6 is 0 Å². The molecule has 0 unspecified atom stereocenters. The van der Waals surface area contributed by atoms with Crippen LogP contribution < -0.4 is 14.8 Å². The molecule has 2 rings (SSSR count). The standard InChI is InChI=1S/C20H26N2O3/c1-4-24-19-8-6-5-7-18(19)20(23)21-15-16-9-11-17(12-10-16)25-14-13-22(2)3/h5-12H,4,13-15H2,1-3H3,(H,21,23). The van der Waals surface area contributed by atoms with Crippen LogP contribution in [0.25, 0.3) is 0 Å². The number of para-hydroxylation sites is 1. The Hall–Kier alpha value is -2.53. The largest absolute Gasteiger partial charge is 0.493 e. The Kier molecular flexibility index (Phi) is 7.29. The summed E-state index contributed by atoms with van der Waals surface area (Å²) in [5, 5.41) is 2.93. The maximum atomic E-state index is 12.4. The van der Waals surface area contributed by atoms with E-state index < -0.39 is 0 Å². The van der Waals surface area contributed by atoms with Crippen molar-refractivity contribution in [1.29, 1.82) is 0 Å². The lowest BCUT2D eigenvalue weighted by Gasteiger charge is -2.12. The van der Waals surface area contributed by atoms with Gasteiger partial charge in [-0.2, -0.15) is 0 Å². The van der Waals surface area contributed by atoms with Gasteiger partial charge < -0.3 is 19.7 Å². The first kappa shape index (κ1) is 18.8. The number of hydrogen-bond acceptors (Lipinski definition) is 4. The molecule has 0 heterocycles. The van der Waals surface area contributed by atoms with Crippen molar-refractivity contribution in [3.05, 3.63) is 59.7 Å². The van der Waals surface area contributed by atoms with Crippen molar-refractivity contribution >= 4 is 5.91 Å². The summed E-state index contributed by atoms with van der Waals surface area (Å²) in [5.41, 5.74) is 1.56. The highest BCUT2D eigenvalue weighted by Gasteiger charge is 2.11. The number of carbonyl (C=O) groups is 1. The second kappa shape index (κ2) is 9.69. The van der Waals surface area contributed by atoms with E-state index in [1.807, 2.05) is 57.4 Å². The Labute approximate surface area is 149 Å². The van der Waals surface area contributed by atoms with Crippen molar-refractivity contribution < 1.29 is 14.3 Å². The molecule has 0 bridgehead atoms. The van der Waals surface area contributed by atoms with Crippen LogP contribution in [0.5, 0.6) is 11.5 Å². The smallest absolute Gasteiger partial charge is 0.255 e. The zero-order valence-corrected chi connectivity index (χ0v) is 15.1. The van der Waals surface area contributed by atoms with E-state index in [9.17, 15) is 4.79 Å². The number of carbonyl (C=O) groups excluding carboxylic acids is 1. The molecule has 25 heavy (non-hydrogen) atoms. The van der Waals surface area contributed by atoms with Crippen molar-refractivity contribution in [1.82, 2.24) is 10.2 Å². The summed E-state index contributed by atoms with van der Waals surface area (Å²) >= 11 is 0. The van der Waals surface area contributed by atoms with E-state index in [1.165, 1.54) is 0 Å². The fourth-order valence-electron chi connectivity index (χ4n) is 2.26. The molecule has 0 saturated heterocycles. The molecule has 1 amide bonds. The van der Waals surface area contributed by atoms with Crippen molar-refractivity contribution in [3.63, 3.8) is 0 Å². The Bertz CT molecular complexity index is 669. The average Bonchev–Trinajstić information content (AvgIpc) is 2.61. The van der Waals surface area contributed by atoms with Crippen molar-refractivity contribution in [2.75, 3.05) is 33.9 Å². The Morgan fingerprint density at radius 1 is 1.04 bits per heavy atom. The molecule has 5 heteroatoms. The molecule has 0 radical (unpaired) electrons. The van der Waals surface area contributed by atoms with Gasteiger partial charge in [-0.1, -0.05) is 24.3 Å². The quantitative estimate of drug-likeness (QED) is 0.761. The fourth-order valence-corrected chi connectivity index (χ4v) is 2.26. The summed E-state index contributed by atoms with van der Waals surface area (Å²) in [6.07, 6.45) is 0. The third-order valence-electron chi connectivity index (χ3n) is 3.62. The highest BCUT2D eigenvalue weighted by molar-refractivity contribution is 5.96. The van der Waals surface area contributed by atoms with Gasteiger partial charge >= 0.3 is 0 Å². The molecule has 0 saturated carbocycles. The zero-order valence-electron chi connectivity index (χ0n) is 15.1. The lowest BCUT2D eigenvalue weighted by Crippen LogP contribution is -2.23. The van der Waals surface area contributed by atoms with E-state index in [0.717, 1.165) is 17.9 Å². The highest BCUT2D eigenvalue weighted by Crippen LogP contribution is 2.18. The first-order valence-corrected chi connectivity index (χ1v) is 8.46. The molecule has 0 fully saturated rings. The molecule has 134 valence electrons. The number of nitrogens with one attached hydrogen (secondary N) is 1. The van der Waals surface area contributed by atoms with E-state index in [1.54, 1.807) is 12.1 Å². The number of likely N-dealkylation sites (N-methyl/N-ethyl adjacent to an activating group) is 1. The number of hydrogen-bond donors (Lipinski definition) is 1. The molecule has 0 aliphatic rings. The molecule has 5 nitrogen and oxygen atoms in total. The number of rotatable bonds is 9. The third kappa shape index (κ3) is 6.12. The maximum Gasteiger partial charge on any atom is 0.255 e. The normalized spacial score (nSPS) is 10.6. The van der Waals surface area contributed by atoms with Crippen molar-refractivity contribution in [2.45, 2.75) is 13.5 Å². The Morgan fingerprint density at radius 2 is 1.76 bits per heavy atom. The van der Waals surface area contributed by atoms with Gasteiger partial charge in [0.25, 0.3) is 5.91 Å². The minimum absolute atomic E-state index is 0.143. The third-order valence-corrected chi connectivity index (χ3v) is 3.62. The number of amides is 1.